The highest BCUT2D eigenvalue weighted by molar-refractivity contribution is 5.29. The Morgan fingerprint density at radius 1 is 1.33 bits per heavy atom. The average Bonchev–Trinajstić information content (AvgIpc) is 2.15. The lowest BCUT2D eigenvalue weighted by Gasteiger charge is -2.20. The number of rotatable bonds is 2. The van der Waals surface area contributed by atoms with E-state index >= 15 is 0 Å². The number of aromatic nitrogens is 1. The van der Waals surface area contributed by atoms with Gasteiger partial charge in [-0.2, -0.15) is 13.2 Å². The van der Waals surface area contributed by atoms with Gasteiger partial charge in [0.25, 0.3) is 0 Å². The van der Waals surface area contributed by atoms with Gasteiger partial charge < -0.3 is 5.73 Å². The zero-order chi connectivity index (χ0) is 11.6. The lowest BCUT2D eigenvalue weighted by Crippen LogP contribution is -2.21. The van der Waals surface area contributed by atoms with Crippen molar-refractivity contribution in [3.63, 3.8) is 0 Å². The average molecular weight is 218 g/mol. The SMILES string of the molecule is CC(C)C(N)c1cnccc1C(F)(F)F. The molecule has 0 spiro atoms. The van der Waals surface area contributed by atoms with Gasteiger partial charge in [0.2, 0.25) is 0 Å². The summed E-state index contributed by atoms with van der Waals surface area (Å²) in [5.74, 6) is -0.0599. The molecule has 0 saturated carbocycles. The van der Waals surface area contributed by atoms with Gasteiger partial charge in [0.05, 0.1) is 5.56 Å². The molecule has 15 heavy (non-hydrogen) atoms. The maximum atomic E-state index is 12.6. The first-order valence-corrected chi connectivity index (χ1v) is 4.60. The predicted molar refractivity (Wildman–Crippen MR) is 51.0 cm³/mol. The Morgan fingerprint density at radius 3 is 2.40 bits per heavy atom. The zero-order valence-electron chi connectivity index (χ0n) is 8.55. The Labute approximate surface area is 86.3 Å². The monoisotopic (exact) mass is 218 g/mol. The first-order chi connectivity index (χ1) is 6.84. The topological polar surface area (TPSA) is 38.9 Å². The Morgan fingerprint density at radius 2 is 1.93 bits per heavy atom. The van der Waals surface area contributed by atoms with E-state index in [0.29, 0.717) is 0 Å². The fourth-order valence-corrected chi connectivity index (χ4v) is 1.29. The molecule has 1 unspecified atom stereocenters. The minimum Gasteiger partial charge on any atom is -0.324 e. The third kappa shape index (κ3) is 2.68. The molecule has 2 nitrogen and oxygen atoms in total. The van der Waals surface area contributed by atoms with Gasteiger partial charge in [-0.25, -0.2) is 0 Å². The normalized spacial score (nSPS) is 14.3. The van der Waals surface area contributed by atoms with Crippen molar-refractivity contribution in [2.24, 2.45) is 11.7 Å². The van der Waals surface area contributed by atoms with Crippen molar-refractivity contribution < 1.29 is 13.2 Å². The molecule has 0 aromatic carbocycles. The summed E-state index contributed by atoms with van der Waals surface area (Å²) in [6.07, 6.45) is -2.06. The van der Waals surface area contributed by atoms with Crippen LogP contribution in [0.2, 0.25) is 0 Å². The molecule has 0 aliphatic rings. The zero-order valence-corrected chi connectivity index (χ0v) is 8.55. The highest BCUT2D eigenvalue weighted by Crippen LogP contribution is 2.34. The van der Waals surface area contributed by atoms with Gasteiger partial charge in [-0.1, -0.05) is 13.8 Å². The molecular weight excluding hydrogens is 205 g/mol. The smallest absolute Gasteiger partial charge is 0.324 e. The van der Waals surface area contributed by atoms with Gasteiger partial charge in [0.15, 0.2) is 0 Å². The molecule has 1 aromatic rings. The molecule has 0 amide bonds. The van der Waals surface area contributed by atoms with Crippen LogP contribution in [0.4, 0.5) is 13.2 Å². The van der Waals surface area contributed by atoms with Crippen LogP contribution in [-0.2, 0) is 6.18 Å². The van der Waals surface area contributed by atoms with Gasteiger partial charge in [-0.05, 0) is 17.5 Å². The molecule has 84 valence electrons. The summed E-state index contributed by atoms with van der Waals surface area (Å²) in [6, 6.07) is 0.313. The quantitative estimate of drug-likeness (QED) is 0.828. The van der Waals surface area contributed by atoms with Crippen LogP contribution in [0.25, 0.3) is 0 Å². The van der Waals surface area contributed by atoms with Crippen LogP contribution in [0, 0.1) is 5.92 Å². The molecule has 2 N–H and O–H groups in total. The van der Waals surface area contributed by atoms with E-state index in [0.717, 1.165) is 12.3 Å². The van der Waals surface area contributed by atoms with E-state index in [9.17, 15) is 13.2 Å². The van der Waals surface area contributed by atoms with Crippen molar-refractivity contribution >= 4 is 0 Å². The van der Waals surface area contributed by atoms with Crippen LogP contribution in [0.1, 0.15) is 31.0 Å². The summed E-state index contributed by atoms with van der Waals surface area (Å²) in [5.41, 5.74) is 5.06. The van der Waals surface area contributed by atoms with Gasteiger partial charge in [-0.15, -0.1) is 0 Å². The summed E-state index contributed by atoms with van der Waals surface area (Å²) in [7, 11) is 0. The van der Waals surface area contributed by atoms with Crippen LogP contribution < -0.4 is 5.73 Å². The van der Waals surface area contributed by atoms with Crippen LogP contribution in [0.3, 0.4) is 0 Å². The second kappa shape index (κ2) is 4.18. The van der Waals surface area contributed by atoms with Crippen molar-refractivity contribution in [3.8, 4) is 0 Å². The highest BCUT2D eigenvalue weighted by atomic mass is 19.4. The number of nitrogens with zero attached hydrogens (tertiary/aromatic N) is 1. The van der Waals surface area contributed by atoms with E-state index < -0.39 is 17.8 Å². The summed E-state index contributed by atoms with van der Waals surface area (Å²) < 4.78 is 37.8. The second-order valence-electron chi connectivity index (χ2n) is 3.73. The summed E-state index contributed by atoms with van der Waals surface area (Å²) in [5, 5.41) is 0. The molecule has 0 saturated heterocycles. The molecule has 1 aromatic heterocycles. The van der Waals surface area contributed by atoms with Crippen molar-refractivity contribution in [2.45, 2.75) is 26.1 Å². The molecule has 1 heterocycles. The maximum Gasteiger partial charge on any atom is 0.416 e. The Balaban J connectivity index is 3.18. The van der Waals surface area contributed by atoms with Crippen molar-refractivity contribution in [1.29, 1.82) is 0 Å². The Hall–Kier alpha value is -1.10. The number of hydrogen-bond acceptors (Lipinski definition) is 2. The number of hydrogen-bond donors (Lipinski definition) is 1. The van der Waals surface area contributed by atoms with Crippen molar-refractivity contribution in [2.75, 3.05) is 0 Å². The standard InChI is InChI=1S/C10H13F3N2/c1-6(2)9(14)7-5-15-4-3-8(7)10(11,12)13/h3-6,9H,14H2,1-2H3. The summed E-state index contributed by atoms with van der Waals surface area (Å²) in [4.78, 5) is 3.68. The number of alkyl halides is 3. The molecule has 0 fully saturated rings. The maximum absolute atomic E-state index is 12.6. The fourth-order valence-electron chi connectivity index (χ4n) is 1.29. The number of halogens is 3. The lowest BCUT2D eigenvalue weighted by atomic mass is 9.94. The molecular formula is C10H13F3N2. The van der Waals surface area contributed by atoms with E-state index in [4.69, 9.17) is 5.73 Å². The van der Waals surface area contributed by atoms with Gasteiger partial charge in [-0.3, -0.25) is 4.98 Å². The van der Waals surface area contributed by atoms with Crippen LogP contribution >= 0.6 is 0 Å². The Kier molecular flexibility index (Phi) is 3.34. The van der Waals surface area contributed by atoms with E-state index in [2.05, 4.69) is 4.98 Å². The fraction of sp³-hybridized carbons (Fsp3) is 0.500. The molecule has 5 heteroatoms. The van der Waals surface area contributed by atoms with E-state index in [1.165, 1.54) is 6.20 Å². The third-order valence-corrected chi connectivity index (χ3v) is 2.23. The van der Waals surface area contributed by atoms with Crippen molar-refractivity contribution in [3.05, 3.63) is 29.6 Å². The Bertz CT molecular complexity index is 334. The first kappa shape index (κ1) is 12.0. The molecule has 1 rings (SSSR count). The van der Waals surface area contributed by atoms with E-state index in [1.807, 2.05) is 0 Å². The molecule has 0 radical (unpaired) electrons. The van der Waals surface area contributed by atoms with Crippen molar-refractivity contribution in [1.82, 2.24) is 4.98 Å². The third-order valence-electron chi connectivity index (χ3n) is 2.23. The summed E-state index contributed by atoms with van der Waals surface area (Å²) in [6.45, 7) is 3.55. The lowest BCUT2D eigenvalue weighted by molar-refractivity contribution is -0.138. The van der Waals surface area contributed by atoms with E-state index in [-0.39, 0.29) is 11.5 Å². The number of nitrogens with two attached hydrogens (primary N) is 1. The van der Waals surface area contributed by atoms with Gasteiger partial charge in [0, 0.05) is 18.4 Å². The predicted octanol–water partition coefficient (Wildman–Crippen LogP) is 2.76. The first-order valence-electron chi connectivity index (χ1n) is 4.60. The van der Waals surface area contributed by atoms with Gasteiger partial charge >= 0.3 is 6.18 Å². The van der Waals surface area contributed by atoms with Crippen LogP contribution in [-0.4, -0.2) is 4.98 Å². The minimum atomic E-state index is -4.37. The largest absolute Gasteiger partial charge is 0.416 e. The number of pyridine rings is 1. The summed E-state index contributed by atoms with van der Waals surface area (Å²) >= 11 is 0. The molecule has 1 atom stereocenters. The van der Waals surface area contributed by atoms with Crippen LogP contribution in [0.15, 0.2) is 18.5 Å². The van der Waals surface area contributed by atoms with Crippen LogP contribution in [0.5, 0.6) is 0 Å². The molecule has 0 aliphatic heterocycles. The van der Waals surface area contributed by atoms with E-state index in [1.54, 1.807) is 13.8 Å². The minimum absolute atomic E-state index is 0.0556. The second-order valence-corrected chi connectivity index (χ2v) is 3.73. The molecule has 0 bridgehead atoms. The molecule has 0 aliphatic carbocycles. The van der Waals surface area contributed by atoms with Gasteiger partial charge in [0.1, 0.15) is 0 Å². The highest BCUT2D eigenvalue weighted by Gasteiger charge is 2.35.